The Morgan fingerprint density at radius 1 is 1.60 bits per heavy atom. The fourth-order valence-corrected chi connectivity index (χ4v) is 0. The van der Waals surface area contributed by atoms with Gasteiger partial charge in [-0.05, 0) is 0 Å². The first-order valence-corrected chi connectivity index (χ1v) is 1.94. The second kappa shape index (κ2) is 2.33. The van der Waals surface area contributed by atoms with E-state index in [-0.39, 0.29) is 0 Å². The predicted molar refractivity (Wildman–Crippen MR) is 29.2 cm³/mol. The Labute approximate surface area is 34.7 Å². The van der Waals surface area contributed by atoms with E-state index >= 15 is 0 Å². The van der Waals surface area contributed by atoms with Crippen molar-refractivity contribution in [2.45, 2.75) is 13.6 Å². The van der Waals surface area contributed by atoms with Crippen molar-refractivity contribution in [3.63, 3.8) is 0 Å². The molecule has 0 unspecified atom stereocenters. The molecule has 0 rings (SSSR count). The number of hydrogen-bond acceptors (Lipinski definition) is 1. The summed E-state index contributed by atoms with van der Waals surface area (Å²) in [5.41, 5.74) is 0. The molecule has 0 amide bonds. The quantitative estimate of drug-likeness (QED) is 0.404. The van der Waals surface area contributed by atoms with Gasteiger partial charge in [0.05, 0.1) is 0 Å². The lowest BCUT2D eigenvalue weighted by Crippen LogP contribution is -2.23. The summed E-state index contributed by atoms with van der Waals surface area (Å²) >= 11 is 0. The van der Waals surface area contributed by atoms with E-state index in [9.17, 15) is 0 Å². The zero-order chi connectivity index (χ0) is 4.28. The summed E-state index contributed by atoms with van der Waals surface area (Å²) in [7, 11) is 1.95. The van der Waals surface area contributed by atoms with Gasteiger partial charge in [0.2, 0.25) is 6.85 Å². The van der Waals surface area contributed by atoms with Gasteiger partial charge in [-0.1, -0.05) is 13.6 Å². The van der Waals surface area contributed by atoms with Crippen LogP contribution in [0.1, 0.15) is 0 Å². The van der Waals surface area contributed by atoms with E-state index in [1.165, 1.54) is 0 Å². The molecule has 0 aromatic rings. The lowest BCUT2D eigenvalue weighted by Gasteiger charge is -1.89. The van der Waals surface area contributed by atoms with Crippen LogP contribution < -0.4 is 5.14 Å². The topological polar surface area (TPSA) is 12.0 Å². The van der Waals surface area contributed by atoms with Crippen LogP contribution in [-0.2, 0) is 0 Å². The molecule has 0 fully saturated rings. The first-order valence-electron chi connectivity index (χ1n) is 1.94. The van der Waals surface area contributed by atoms with Gasteiger partial charge in [0.1, 0.15) is 0 Å². The van der Waals surface area contributed by atoms with Crippen molar-refractivity contribution in [2.75, 3.05) is 0 Å². The Balaban J connectivity index is 2.54. The summed E-state index contributed by atoms with van der Waals surface area (Å²) in [6, 6.07) is 0. The fraction of sp³-hybridized carbons (Fsp3) is 1.00. The van der Waals surface area contributed by atoms with Crippen LogP contribution in [0.3, 0.4) is 0 Å². The Bertz CT molecular complexity index is 21.6. The van der Waals surface area contributed by atoms with Gasteiger partial charge in [-0.15, -0.1) is 0 Å². The lowest BCUT2D eigenvalue weighted by molar-refractivity contribution is 1.54. The summed E-state index contributed by atoms with van der Waals surface area (Å²) in [6.07, 6.45) is 0. The van der Waals surface area contributed by atoms with Crippen LogP contribution >= 0.6 is 0 Å². The minimum Gasteiger partial charge on any atom is -0.404 e. The molecule has 0 aromatic carbocycles. The molecule has 0 saturated heterocycles. The van der Waals surface area contributed by atoms with E-state index in [0.29, 0.717) is 6.85 Å². The van der Waals surface area contributed by atoms with Crippen LogP contribution in [0.4, 0.5) is 0 Å². The molecular formula is C2H9B2N. The molecule has 1 nitrogen and oxygen atoms in total. The molecule has 0 aliphatic heterocycles. The zero-order valence-electron chi connectivity index (χ0n) is 4.08. The van der Waals surface area contributed by atoms with E-state index in [2.05, 4.69) is 18.8 Å². The minimum absolute atomic E-state index is 0.634. The van der Waals surface area contributed by atoms with Crippen LogP contribution in [-0.4, -0.2) is 14.8 Å². The standard InChI is InChI=1S/C2H9B2N/c1-4(2)5-3/h5H,3H2,1-2H3. The van der Waals surface area contributed by atoms with Gasteiger partial charge in [0.15, 0.2) is 7.98 Å². The largest absolute Gasteiger partial charge is 0.404 e. The van der Waals surface area contributed by atoms with Gasteiger partial charge in [-0.3, -0.25) is 0 Å². The molecule has 0 atom stereocenters. The van der Waals surface area contributed by atoms with E-state index in [4.69, 9.17) is 0 Å². The molecule has 0 aliphatic rings. The third-order valence-corrected chi connectivity index (χ3v) is 0.577. The van der Waals surface area contributed by atoms with Crippen molar-refractivity contribution in [3.05, 3.63) is 0 Å². The molecule has 0 saturated carbocycles. The molecule has 0 aliphatic carbocycles. The fourth-order valence-electron chi connectivity index (χ4n) is 0. The van der Waals surface area contributed by atoms with Crippen LogP contribution in [0, 0.1) is 0 Å². The normalized spacial score (nSPS) is 7.60. The average Bonchev–Trinajstić information content (AvgIpc) is 1.38. The Morgan fingerprint density at radius 3 is 1.80 bits per heavy atom. The van der Waals surface area contributed by atoms with Gasteiger partial charge in [0.25, 0.3) is 0 Å². The van der Waals surface area contributed by atoms with E-state index < -0.39 is 0 Å². The Kier molecular flexibility index (Phi) is 2.38. The number of hydrogen-bond donors (Lipinski definition) is 1. The van der Waals surface area contributed by atoms with Crippen molar-refractivity contribution in [3.8, 4) is 0 Å². The molecule has 0 bridgehead atoms. The van der Waals surface area contributed by atoms with Crippen molar-refractivity contribution >= 4 is 14.8 Å². The molecule has 0 aromatic heterocycles. The second-order valence-corrected chi connectivity index (χ2v) is 1.44. The maximum absolute atomic E-state index is 3.03. The van der Waals surface area contributed by atoms with Gasteiger partial charge < -0.3 is 5.14 Å². The molecular weight excluding hydrogens is 59.7 g/mol. The van der Waals surface area contributed by atoms with E-state index in [1.54, 1.807) is 0 Å². The summed E-state index contributed by atoms with van der Waals surface area (Å²) < 4.78 is 0. The van der Waals surface area contributed by atoms with Crippen molar-refractivity contribution in [2.24, 2.45) is 0 Å². The van der Waals surface area contributed by atoms with Crippen LogP contribution in [0.2, 0.25) is 13.6 Å². The second-order valence-electron chi connectivity index (χ2n) is 1.44. The Hall–Kier alpha value is 0.0899. The van der Waals surface area contributed by atoms with Gasteiger partial charge in [0, 0.05) is 0 Å². The molecule has 3 heteroatoms. The zero-order valence-corrected chi connectivity index (χ0v) is 4.08. The van der Waals surface area contributed by atoms with Crippen LogP contribution in [0.15, 0.2) is 0 Å². The highest BCUT2D eigenvalue weighted by Crippen LogP contribution is 1.61. The molecule has 0 heterocycles. The molecule has 0 spiro atoms. The van der Waals surface area contributed by atoms with E-state index in [0.717, 1.165) is 0 Å². The molecule has 1 N–H and O–H groups in total. The lowest BCUT2D eigenvalue weighted by atomic mass is 9.67. The van der Waals surface area contributed by atoms with Gasteiger partial charge in [-0.25, -0.2) is 0 Å². The smallest absolute Gasteiger partial charge is 0.202 e. The SMILES string of the molecule is BNB(C)C. The highest BCUT2D eigenvalue weighted by Gasteiger charge is 1.85. The minimum atomic E-state index is 0.634. The maximum atomic E-state index is 3.03. The van der Waals surface area contributed by atoms with Crippen LogP contribution in [0.5, 0.6) is 0 Å². The maximum Gasteiger partial charge on any atom is 0.202 e. The van der Waals surface area contributed by atoms with Crippen LogP contribution in [0.25, 0.3) is 0 Å². The summed E-state index contributed by atoms with van der Waals surface area (Å²) in [6.45, 7) is 4.86. The van der Waals surface area contributed by atoms with E-state index in [1.807, 2.05) is 7.98 Å². The van der Waals surface area contributed by atoms with Gasteiger partial charge in [-0.2, -0.15) is 0 Å². The summed E-state index contributed by atoms with van der Waals surface area (Å²) in [4.78, 5) is 0. The highest BCUT2D eigenvalue weighted by atomic mass is 14.6. The highest BCUT2D eigenvalue weighted by molar-refractivity contribution is 6.58. The number of nitrogens with one attached hydrogen (secondary N) is 1. The summed E-state index contributed by atoms with van der Waals surface area (Å²) in [5.74, 6) is 0. The van der Waals surface area contributed by atoms with Crippen molar-refractivity contribution in [1.82, 2.24) is 5.14 Å². The third kappa shape index (κ3) is 4.09. The summed E-state index contributed by atoms with van der Waals surface area (Å²) in [5, 5.41) is 3.03. The third-order valence-electron chi connectivity index (χ3n) is 0.577. The number of rotatable bonds is 1. The van der Waals surface area contributed by atoms with Crippen molar-refractivity contribution in [1.29, 1.82) is 0 Å². The first kappa shape index (κ1) is 5.09. The molecule has 28 valence electrons. The Morgan fingerprint density at radius 2 is 1.80 bits per heavy atom. The van der Waals surface area contributed by atoms with Crippen molar-refractivity contribution < 1.29 is 0 Å². The molecule has 0 radical (unpaired) electrons. The average molecular weight is 68.7 g/mol. The predicted octanol–water partition coefficient (Wildman–Crippen LogP) is -0.625. The first-order chi connectivity index (χ1) is 2.27. The monoisotopic (exact) mass is 69.1 g/mol. The molecule has 5 heavy (non-hydrogen) atoms. The van der Waals surface area contributed by atoms with Gasteiger partial charge >= 0.3 is 0 Å².